The van der Waals surface area contributed by atoms with E-state index in [1.807, 2.05) is 6.92 Å². The highest BCUT2D eigenvalue weighted by molar-refractivity contribution is 4.79. The van der Waals surface area contributed by atoms with Crippen LogP contribution in [0, 0.1) is 5.92 Å². The predicted molar refractivity (Wildman–Crippen MR) is 63.7 cm³/mol. The van der Waals surface area contributed by atoms with Gasteiger partial charge in [0.1, 0.15) is 0 Å². The minimum absolute atomic E-state index is 0.161. The normalized spacial score (nSPS) is 24.6. The fourth-order valence-electron chi connectivity index (χ4n) is 2.04. The summed E-state index contributed by atoms with van der Waals surface area (Å²) >= 11 is 0. The van der Waals surface area contributed by atoms with Crippen molar-refractivity contribution in [2.75, 3.05) is 40.1 Å². The van der Waals surface area contributed by atoms with Crippen LogP contribution in [0.2, 0.25) is 0 Å². The largest absolute Gasteiger partial charge is 0.382 e. The number of hydrogen-bond acceptors (Lipinski definition) is 4. The van der Waals surface area contributed by atoms with E-state index < -0.39 is 0 Å². The summed E-state index contributed by atoms with van der Waals surface area (Å²) in [7, 11) is 1.70. The van der Waals surface area contributed by atoms with Crippen molar-refractivity contribution < 1.29 is 14.2 Å². The van der Waals surface area contributed by atoms with E-state index in [9.17, 15) is 0 Å². The average molecular weight is 231 g/mol. The Kier molecular flexibility index (Phi) is 6.96. The number of nitrogens with one attached hydrogen (secondary N) is 1. The van der Waals surface area contributed by atoms with Crippen LogP contribution in [0.1, 0.15) is 20.3 Å². The predicted octanol–water partition coefficient (Wildman–Crippen LogP) is 1.05. The fourth-order valence-corrected chi connectivity index (χ4v) is 2.04. The summed E-state index contributed by atoms with van der Waals surface area (Å²) in [5, 5.41) is 3.48. The molecular weight excluding hydrogens is 206 g/mol. The minimum Gasteiger partial charge on any atom is -0.382 e. The zero-order valence-electron chi connectivity index (χ0n) is 10.7. The number of hydrogen-bond donors (Lipinski definition) is 1. The number of likely N-dealkylation sites (N-methyl/N-ethyl adjacent to an activating group) is 1. The molecule has 0 aromatic carbocycles. The molecule has 0 aromatic heterocycles. The molecule has 0 saturated carbocycles. The highest BCUT2D eigenvalue weighted by atomic mass is 16.5. The average Bonchev–Trinajstić information content (AvgIpc) is 2.78. The zero-order chi connectivity index (χ0) is 11.8. The second-order valence-corrected chi connectivity index (χ2v) is 4.39. The van der Waals surface area contributed by atoms with E-state index in [1.165, 1.54) is 0 Å². The Bertz CT molecular complexity index is 172. The lowest BCUT2D eigenvalue weighted by molar-refractivity contribution is -0.00746. The maximum absolute atomic E-state index is 5.77. The first kappa shape index (κ1) is 13.9. The summed E-state index contributed by atoms with van der Waals surface area (Å²) in [6.07, 6.45) is 1.30. The molecule has 0 amide bonds. The van der Waals surface area contributed by atoms with Crippen molar-refractivity contribution in [3.05, 3.63) is 0 Å². The quantitative estimate of drug-likeness (QED) is 0.678. The third-order valence-corrected chi connectivity index (χ3v) is 2.96. The van der Waals surface area contributed by atoms with Gasteiger partial charge >= 0.3 is 0 Å². The van der Waals surface area contributed by atoms with Crippen molar-refractivity contribution in [1.82, 2.24) is 5.32 Å². The monoisotopic (exact) mass is 231 g/mol. The topological polar surface area (TPSA) is 39.7 Å². The third-order valence-electron chi connectivity index (χ3n) is 2.96. The van der Waals surface area contributed by atoms with E-state index in [0.29, 0.717) is 18.6 Å². The Morgan fingerprint density at radius 3 is 2.81 bits per heavy atom. The highest BCUT2D eigenvalue weighted by Crippen LogP contribution is 2.17. The molecule has 3 unspecified atom stereocenters. The van der Waals surface area contributed by atoms with Crippen LogP contribution in [0.25, 0.3) is 0 Å². The molecule has 1 fully saturated rings. The van der Waals surface area contributed by atoms with Crippen LogP contribution < -0.4 is 5.32 Å². The van der Waals surface area contributed by atoms with Crippen LogP contribution in [0.5, 0.6) is 0 Å². The lowest BCUT2D eigenvalue weighted by atomic mass is 10.00. The molecule has 1 aliphatic rings. The molecule has 0 spiro atoms. The summed E-state index contributed by atoms with van der Waals surface area (Å²) in [6.45, 7) is 8.29. The Hall–Kier alpha value is -0.160. The smallest absolute Gasteiger partial charge is 0.0781 e. The van der Waals surface area contributed by atoms with Crippen molar-refractivity contribution in [2.24, 2.45) is 5.92 Å². The van der Waals surface area contributed by atoms with Crippen LogP contribution in [0.15, 0.2) is 0 Å². The van der Waals surface area contributed by atoms with Crippen LogP contribution in [-0.4, -0.2) is 52.2 Å². The minimum atomic E-state index is 0.161. The lowest BCUT2D eigenvalue weighted by Crippen LogP contribution is -2.41. The summed E-state index contributed by atoms with van der Waals surface area (Å²) < 4.78 is 16.2. The molecule has 0 aromatic rings. The highest BCUT2D eigenvalue weighted by Gasteiger charge is 2.25. The standard InChI is InChI=1S/C12H25NO3/c1-4-13-12(11-5-6-15-8-11)9-16-10(2)7-14-3/h10-13H,4-9H2,1-3H3. The van der Waals surface area contributed by atoms with E-state index in [4.69, 9.17) is 14.2 Å². The van der Waals surface area contributed by atoms with E-state index in [1.54, 1.807) is 7.11 Å². The number of methoxy groups -OCH3 is 1. The molecule has 1 heterocycles. The SMILES string of the molecule is CCNC(COC(C)COC)C1CCOC1. The maximum atomic E-state index is 5.77. The van der Waals surface area contributed by atoms with Gasteiger partial charge in [0.05, 0.1) is 25.9 Å². The first-order chi connectivity index (χ1) is 7.77. The van der Waals surface area contributed by atoms with Gasteiger partial charge in [-0.2, -0.15) is 0 Å². The molecular formula is C12H25NO3. The van der Waals surface area contributed by atoms with Crippen molar-refractivity contribution in [1.29, 1.82) is 0 Å². The molecule has 1 N–H and O–H groups in total. The van der Waals surface area contributed by atoms with Gasteiger partial charge in [-0.25, -0.2) is 0 Å². The number of rotatable bonds is 8. The molecule has 0 aliphatic carbocycles. The van der Waals surface area contributed by atoms with Gasteiger partial charge < -0.3 is 19.5 Å². The van der Waals surface area contributed by atoms with Gasteiger partial charge in [-0.3, -0.25) is 0 Å². The first-order valence-corrected chi connectivity index (χ1v) is 6.19. The van der Waals surface area contributed by atoms with Crippen molar-refractivity contribution in [2.45, 2.75) is 32.4 Å². The second kappa shape index (κ2) is 8.01. The molecule has 3 atom stereocenters. The lowest BCUT2D eigenvalue weighted by Gasteiger charge is -2.24. The summed E-state index contributed by atoms with van der Waals surface area (Å²) in [6, 6.07) is 0.409. The van der Waals surface area contributed by atoms with Gasteiger partial charge in [0.2, 0.25) is 0 Å². The molecule has 16 heavy (non-hydrogen) atoms. The fraction of sp³-hybridized carbons (Fsp3) is 1.00. The Morgan fingerprint density at radius 1 is 1.44 bits per heavy atom. The van der Waals surface area contributed by atoms with Crippen LogP contribution >= 0.6 is 0 Å². The molecule has 1 saturated heterocycles. The summed E-state index contributed by atoms with van der Waals surface area (Å²) in [5.74, 6) is 0.592. The molecule has 0 bridgehead atoms. The van der Waals surface area contributed by atoms with Crippen molar-refractivity contribution >= 4 is 0 Å². The maximum Gasteiger partial charge on any atom is 0.0781 e. The van der Waals surface area contributed by atoms with E-state index >= 15 is 0 Å². The van der Waals surface area contributed by atoms with Gasteiger partial charge in [-0.05, 0) is 19.9 Å². The number of ether oxygens (including phenoxy) is 3. The summed E-state index contributed by atoms with van der Waals surface area (Å²) in [4.78, 5) is 0. The molecule has 0 radical (unpaired) electrons. The Morgan fingerprint density at radius 2 is 2.25 bits per heavy atom. The van der Waals surface area contributed by atoms with Gasteiger partial charge in [-0.15, -0.1) is 0 Å². The second-order valence-electron chi connectivity index (χ2n) is 4.39. The first-order valence-electron chi connectivity index (χ1n) is 6.19. The van der Waals surface area contributed by atoms with E-state index in [-0.39, 0.29) is 6.10 Å². The van der Waals surface area contributed by atoms with Crippen molar-refractivity contribution in [3.63, 3.8) is 0 Å². The van der Waals surface area contributed by atoms with Crippen LogP contribution in [0.3, 0.4) is 0 Å². The van der Waals surface area contributed by atoms with Gasteiger partial charge in [-0.1, -0.05) is 6.92 Å². The van der Waals surface area contributed by atoms with Gasteiger partial charge in [0, 0.05) is 25.7 Å². The van der Waals surface area contributed by atoms with Gasteiger partial charge in [0.15, 0.2) is 0 Å². The van der Waals surface area contributed by atoms with Crippen LogP contribution in [-0.2, 0) is 14.2 Å². The van der Waals surface area contributed by atoms with Crippen molar-refractivity contribution in [3.8, 4) is 0 Å². The van der Waals surface area contributed by atoms with Crippen LogP contribution in [0.4, 0.5) is 0 Å². The van der Waals surface area contributed by atoms with E-state index in [0.717, 1.165) is 32.8 Å². The zero-order valence-corrected chi connectivity index (χ0v) is 10.7. The molecule has 1 aliphatic heterocycles. The molecule has 1 rings (SSSR count). The third kappa shape index (κ3) is 4.78. The Labute approximate surface area is 98.6 Å². The molecule has 4 heteroatoms. The Balaban J connectivity index is 2.26. The van der Waals surface area contributed by atoms with Gasteiger partial charge in [0.25, 0.3) is 0 Å². The van der Waals surface area contributed by atoms with E-state index in [2.05, 4.69) is 12.2 Å². The summed E-state index contributed by atoms with van der Waals surface area (Å²) in [5.41, 5.74) is 0. The molecule has 96 valence electrons. The molecule has 4 nitrogen and oxygen atoms in total.